The predicted octanol–water partition coefficient (Wildman–Crippen LogP) is 0.714. The monoisotopic (exact) mass is 977 g/mol. The van der Waals surface area contributed by atoms with Gasteiger partial charge in [0.1, 0.15) is 6.04 Å². The van der Waals surface area contributed by atoms with Crippen LogP contribution in [0.4, 0.5) is 4.79 Å². The molecule has 2 atom stereocenters. The topological polar surface area (TPSA) is 320 Å². The minimum atomic E-state index is -1.34. The number of carbonyl (C=O) groups excluding carboxylic acids is 4. The number of aromatic nitrogens is 1. The molecule has 4 rings (SSSR count). The number of hydrogen-bond donors (Lipinski definition) is 8. The van der Waals surface area contributed by atoms with E-state index < -0.39 is 53.7 Å². The van der Waals surface area contributed by atoms with Crippen molar-refractivity contribution in [1.29, 1.82) is 0 Å². The number of nitrogens with zero attached hydrogens (tertiary/aromatic N) is 6. The van der Waals surface area contributed by atoms with E-state index in [9.17, 15) is 63.6 Å². The Morgan fingerprint density at radius 1 is 0.629 bits per heavy atom. The molecule has 0 aliphatic carbocycles. The third-order valence-corrected chi connectivity index (χ3v) is 11.7. The molecular weight excluding hydrogens is 915 g/mol. The van der Waals surface area contributed by atoms with E-state index >= 15 is 0 Å². The lowest BCUT2D eigenvalue weighted by Crippen LogP contribution is -2.50. The van der Waals surface area contributed by atoms with E-state index in [1.54, 1.807) is 50.1 Å². The molecule has 0 radical (unpaired) electrons. The number of hydrogen-bond acceptors (Lipinski definition) is 14. The molecule has 1 aliphatic rings. The Hall–Kier alpha value is -7.08. The third-order valence-electron chi connectivity index (χ3n) is 11.7. The van der Waals surface area contributed by atoms with Crippen molar-refractivity contribution in [3.8, 4) is 0 Å². The second kappa shape index (κ2) is 28.4. The molecule has 4 amide bonds. The van der Waals surface area contributed by atoms with Gasteiger partial charge in [0.05, 0.1) is 44.5 Å². The number of pyridine rings is 1. The Bertz CT molecular complexity index is 2260. The van der Waals surface area contributed by atoms with E-state index in [1.165, 1.54) is 6.92 Å². The van der Waals surface area contributed by atoms with Crippen molar-refractivity contribution in [3.05, 3.63) is 77.6 Å². The highest BCUT2D eigenvalue weighted by atomic mass is 16.4. The van der Waals surface area contributed by atoms with E-state index in [4.69, 9.17) is 5.11 Å². The summed E-state index contributed by atoms with van der Waals surface area (Å²) < 4.78 is 0. The highest BCUT2D eigenvalue weighted by Gasteiger charge is 2.25. The Morgan fingerprint density at radius 3 is 1.67 bits per heavy atom. The first-order valence-corrected chi connectivity index (χ1v) is 22.9. The highest BCUT2D eigenvalue weighted by Crippen LogP contribution is 2.20. The van der Waals surface area contributed by atoms with Crippen LogP contribution in [0.3, 0.4) is 0 Å². The quantitative estimate of drug-likeness (QED) is 0.0542. The molecule has 380 valence electrons. The number of nitrogens with one attached hydrogen (secondary N) is 3. The maximum Gasteiger partial charge on any atom is 0.326 e. The number of urea groups is 1. The largest absolute Gasteiger partial charge is 0.481 e. The minimum Gasteiger partial charge on any atom is -0.481 e. The number of benzene rings is 2. The summed E-state index contributed by atoms with van der Waals surface area (Å²) in [6.07, 6.45) is 1.70. The van der Waals surface area contributed by atoms with Crippen molar-refractivity contribution < 1.29 is 68.7 Å². The molecule has 1 aliphatic heterocycles. The molecule has 0 spiro atoms. The van der Waals surface area contributed by atoms with Crippen molar-refractivity contribution in [2.45, 2.75) is 64.2 Å². The summed E-state index contributed by atoms with van der Waals surface area (Å²) in [7, 11) is 0. The number of carbonyl (C=O) groups is 9. The normalized spacial score (nSPS) is 15.3. The van der Waals surface area contributed by atoms with Crippen molar-refractivity contribution in [1.82, 2.24) is 45.4 Å². The summed E-state index contributed by atoms with van der Waals surface area (Å²) in [6, 6.07) is 12.7. The van der Waals surface area contributed by atoms with Crippen LogP contribution in [0.25, 0.3) is 10.8 Å². The number of carboxylic acid groups (broad SMARTS) is 5. The van der Waals surface area contributed by atoms with E-state index in [0.29, 0.717) is 23.2 Å². The number of carboxylic acids is 5. The molecule has 1 saturated heterocycles. The molecule has 0 bridgehead atoms. The number of aliphatic carboxylic acids is 5. The fourth-order valence-corrected chi connectivity index (χ4v) is 7.85. The Labute approximate surface area is 404 Å². The maximum atomic E-state index is 14.2. The van der Waals surface area contributed by atoms with Gasteiger partial charge in [0.25, 0.3) is 5.91 Å². The fraction of sp³-hybridized carbons (Fsp3) is 0.489. The van der Waals surface area contributed by atoms with Gasteiger partial charge in [-0.1, -0.05) is 36.4 Å². The van der Waals surface area contributed by atoms with Crippen LogP contribution in [0.15, 0.2) is 60.8 Å². The summed E-state index contributed by atoms with van der Waals surface area (Å²) in [5.74, 6) is -6.82. The summed E-state index contributed by atoms with van der Waals surface area (Å²) in [6.45, 7) is 2.68. The first kappa shape index (κ1) is 55.5. The van der Waals surface area contributed by atoms with Gasteiger partial charge in [-0.05, 0) is 61.8 Å². The number of rotatable bonds is 25. The van der Waals surface area contributed by atoms with Crippen LogP contribution in [-0.2, 0) is 46.7 Å². The molecule has 1 aromatic heterocycles. The zero-order chi connectivity index (χ0) is 51.2. The van der Waals surface area contributed by atoms with Crippen LogP contribution in [-0.4, -0.2) is 206 Å². The first-order valence-electron chi connectivity index (χ1n) is 22.9. The van der Waals surface area contributed by atoms with Crippen LogP contribution < -0.4 is 16.0 Å². The molecule has 2 heterocycles. The molecule has 8 N–H and O–H groups in total. The lowest BCUT2D eigenvalue weighted by Gasteiger charge is -2.32. The number of unbranched alkanes of at least 4 members (excludes halogenated alkanes) is 1. The molecule has 23 heteroatoms. The summed E-state index contributed by atoms with van der Waals surface area (Å²) in [5, 5.41) is 56.6. The fourth-order valence-electron chi connectivity index (χ4n) is 7.85. The van der Waals surface area contributed by atoms with E-state index in [2.05, 4.69) is 20.9 Å². The number of fused-ring (bicyclic) bond motifs is 1. The number of amides is 4. The molecule has 70 heavy (non-hydrogen) atoms. The van der Waals surface area contributed by atoms with Crippen LogP contribution in [0, 0.1) is 0 Å². The Kier molecular flexibility index (Phi) is 22.5. The zero-order valence-corrected chi connectivity index (χ0v) is 39.2. The standard InChI is InChI=1S/C47H63N9O14/c1-32(57)37(13-14-41(59)60)50-47(70)51-38(46(68)69)8-4-5-17-56(27-39-36-7-3-2-6-34(36)15-16-48-39)45(67)35-11-9-33(10-12-35)26-49-40(58)28-52-18-20-53(29-42(61)62)22-24-55(31-44(65)66)25-23-54(21-19-52)30-43(63)64/h2-3,6-7,9-12,15-16,37-38H,4-5,8,13-14,17-31H2,1H3,(H,49,58)(H,59,60)(H,61,62)(H,63,64)(H,65,66)(H,68,69)(H2,50,51,70)/t37-,38-/m1/s1. The summed E-state index contributed by atoms with van der Waals surface area (Å²) >= 11 is 0. The van der Waals surface area contributed by atoms with Gasteiger partial charge in [-0.2, -0.15) is 0 Å². The molecule has 2 aromatic carbocycles. The van der Waals surface area contributed by atoms with Crippen molar-refractivity contribution in [2.24, 2.45) is 0 Å². The highest BCUT2D eigenvalue weighted by molar-refractivity contribution is 5.95. The summed E-state index contributed by atoms with van der Waals surface area (Å²) in [4.78, 5) is 123. The van der Waals surface area contributed by atoms with E-state index in [1.807, 2.05) is 35.2 Å². The smallest absolute Gasteiger partial charge is 0.326 e. The minimum absolute atomic E-state index is 0.0171. The number of Topliss-reactive ketones (excluding diaryl/α,β-unsaturated/α-hetero) is 1. The number of ketones is 1. The van der Waals surface area contributed by atoms with E-state index in [-0.39, 0.29) is 136 Å². The van der Waals surface area contributed by atoms with Crippen molar-refractivity contribution in [3.63, 3.8) is 0 Å². The van der Waals surface area contributed by atoms with Gasteiger partial charge in [0.2, 0.25) is 5.91 Å². The second-order valence-electron chi connectivity index (χ2n) is 17.1. The maximum absolute atomic E-state index is 14.2. The van der Waals surface area contributed by atoms with Gasteiger partial charge >= 0.3 is 35.9 Å². The zero-order valence-electron chi connectivity index (χ0n) is 39.2. The van der Waals surface area contributed by atoms with Crippen molar-refractivity contribution in [2.75, 3.05) is 85.1 Å². The van der Waals surface area contributed by atoms with Gasteiger partial charge in [0.15, 0.2) is 5.78 Å². The molecule has 1 fully saturated rings. The van der Waals surface area contributed by atoms with Crippen LogP contribution in [0.5, 0.6) is 0 Å². The van der Waals surface area contributed by atoms with Gasteiger partial charge < -0.3 is 46.4 Å². The summed E-state index contributed by atoms with van der Waals surface area (Å²) in [5.41, 5.74) is 1.65. The predicted molar refractivity (Wildman–Crippen MR) is 252 cm³/mol. The van der Waals surface area contributed by atoms with Crippen molar-refractivity contribution >= 4 is 64.2 Å². The first-order chi connectivity index (χ1) is 33.4. The lowest BCUT2D eigenvalue weighted by atomic mass is 10.1. The molecular formula is C47H63N9O14. The SMILES string of the molecule is CC(=O)[C@@H](CCC(=O)O)NC(=O)N[C@H](CCCCN(Cc1nccc2ccccc12)C(=O)c1ccc(CNC(=O)CN2CCN(CC(=O)O)CCN(CC(=O)O)CCN(CC(=O)O)CC2)cc1)C(=O)O. The average molecular weight is 978 g/mol. The van der Waals surface area contributed by atoms with Crippen LogP contribution >= 0.6 is 0 Å². The Morgan fingerprint density at radius 2 is 1.16 bits per heavy atom. The van der Waals surface area contributed by atoms with Gasteiger partial charge in [-0.3, -0.25) is 58.1 Å². The molecule has 23 nitrogen and oxygen atoms in total. The molecule has 0 saturated carbocycles. The van der Waals surface area contributed by atoms with E-state index in [0.717, 1.165) is 10.8 Å². The second-order valence-corrected chi connectivity index (χ2v) is 17.1. The molecule has 3 aromatic rings. The molecule has 0 unspecified atom stereocenters. The third kappa shape index (κ3) is 19.9. The average Bonchev–Trinajstić information content (AvgIpc) is 3.30. The van der Waals surface area contributed by atoms with Gasteiger partial charge in [-0.25, -0.2) is 9.59 Å². The van der Waals surface area contributed by atoms with Crippen LogP contribution in [0.1, 0.15) is 60.6 Å². The van der Waals surface area contributed by atoms with Gasteiger partial charge in [0, 0.05) is 89.0 Å². The van der Waals surface area contributed by atoms with Gasteiger partial charge in [-0.15, -0.1) is 0 Å². The lowest BCUT2D eigenvalue weighted by molar-refractivity contribution is -0.140. The Balaban J connectivity index is 1.40. The van der Waals surface area contributed by atoms with Crippen LogP contribution in [0.2, 0.25) is 0 Å².